The zero-order valence-corrected chi connectivity index (χ0v) is 10.9. The van der Waals surface area contributed by atoms with E-state index in [0.29, 0.717) is 18.2 Å². The van der Waals surface area contributed by atoms with Gasteiger partial charge in [0, 0.05) is 33.4 Å². The van der Waals surface area contributed by atoms with Crippen molar-refractivity contribution in [3.8, 4) is 0 Å². The first kappa shape index (κ1) is 13.0. The molecule has 1 atom stereocenters. The van der Waals surface area contributed by atoms with Gasteiger partial charge in [0.15, 0.2) is 5.82 Å². The lowest BCUT2D eigenvalue weighted by molar-refractivity contribution is 0.116. The number of aromatic nitrogens is 2. The van der Waals surface area contributed by atoms with Gasteiger partial charge in [-0.25, -0.2) is 9.97 Å². The van der Waals surface area contributed by atoms with E-state index in [1.807, 2.05) is 11.9 Å². The number of nitrogen functional groups attached to an aromatic ring is 1. The molecule has 6 nitrogen and oxygen atoms in total. The van der Waals surface area contributed by atoms with Crippen LogP contribution in [-0.2, 0) is 16.1 Å². The van der Waals surface area contributed by atoms with Crippen LogP contribution in [-0.4, -0.2) is 43.4 Å². The second kappa shape index (κ2) is 5.97. The number of nitrogens with two attached hydrogens (primary N) is 1. The molecule has 6 heteroatoms. The van der Waals surface area contributed by atoms with Crippen LogP contribution in [0.15, 0.2) is 6.07 Å². The molecule has 100 valence electrons. The summed E-state index contributed by atoms with van der Waals surface area (Å²) in [6, 6.07) is 1.77. The van der Waals surface area contributed by atoms with Crippen LogP contribution in [0.3, 0.4) is 0 Å². The fraction of sp³-hybridized carbons (Fsp3) is 0.667. The number of likely N-dealkylation sites (N-methyl/N-ethyl adjacent to an activating group) is 1. The molecule has 1 aromatic rings. The highest BCUT2D eigenvalue weighted by Gasteiger charge is 2.18. The van der Waals surface area contributed by atoms with Crippen LogP contribution in [0.25, 0.3) is 0 Å². The fourth-order valence-corrected chi connectivity index (χ4v) is 2.08. The molecule has 1 aliphatic heterocycles. The summed E-state index contributed by atoms with van der Waals surface area (Å²) in [5.74, 6) is 1.88. The van der Waals surface area contributed by atoms with Crippen molar-refractivity contribution >= 4 is 11.6 Å². The van der Waals surface area contributed by atoms with E-state index >= 15 is 0 Å². The number of methoxy groups -OCH3 is 1. The highest BCUT2D eigenvalue weighted by atomic mass is 16.5. The number of rotatable bonds is 5. The standard InChI is InChI=1S/C12H20N4O2/c1-16(7-9-4-3-5-18-9)12-6-10(13)14-11(15-12)8-17-2/h6,9H,3-5,7-8H2,1-2H3,(H2,13,14,15). The van der Waals surface area contributed by atoms with Crippen molar-refractivity contribution in [3.05, 3.63) is 11.9 Å². The number of ether oxygens (including phenoxy) is 2. The molecular formula is C12H20N4O2. The first-order valence-electron chi connectivity index (χ1n) is 6.14. The maximum absolute atomic E-state index is 5.77. The van der Waals surface area contributed by atoms with Crippen LogP contribution in [0.2, 0.25) is 0 Å². The Hall–Kier alpha value is -1.40. The van der Waals surface area contributed by atoms with Gasteiger partial charge in [0.05, 0.1) is 6.10 Å². The van der Waals surface area contributed by atoms with Gasteiger partial charge in [-0.05, 0) is 12.8 Å². The summed E-state index contributed by atoms with van der Waals surface area (Å²) in [5.41, 5.74) is 5.77. The van der Waals surface area contributed by atoms with Crippen molar-refractivity contribution < 1.29 is 9.47 Å². The lowest BCUT2D eigenvalue weighted by Gasteiger charge is -2.22. The quantitative estimate of drug-likeness (QED) is 0.836. The lowest BCUT2D eigenvalue weighted by atomic mass is 10.2. The first-order valence-corrected chi connectivity index (χ1v) is 6.14. The summed E-state index contributed by atoms with van der Waals surface area (Å²) in [4.78, 5) is 10.6. The summed E-state index contributed by atoms with van der Waals surface area (Å²) in [6.07, 6.45) is 2.53. The average Bonchev–Trinajstić information content (AvgIpc) is 2.81. The summed E-state index contributed by atoms with van der Waals surface area (Å²) in [6.45, 7) is 2.05. The third kappa shape index (κ3) is 3.30. The molecule has 0 bridgehead atoms. The molecule has 0 aliphatic carbocycles. The van der Waals surface area contributed by atoms with E-state index in [-0.39, 0.29) is 6.10 Å². The van der Waals surface area contributed by atoms with Crippen LogP contribution in [0, 0.1) is 0 Å². The molecule has 1 fully saturated rings. The van der Waals surface area contributed by atoms with Crippen LogP contribution >= 0.6 is 0 Å². The third-order valence-electron chi connectivity index (χ3n) is 2.94. The first-order chi connectivity index (χ1) is 8.69. The van der Waals surface area contributed by atoms with Crippen LogP contribution < -0.4 is 10.6 Å². The third-order valence-corrected chi connectivity index (χ3v) is 2.94. The molecule has 18 heavy (non-hydrogen) atoms. The van der Waals surface area contributed by atoms with Crippen molar-refractivity contribution in [1.29, 1.82) is 0 Å². The average molecular weight is 252 g/mol. The van der Waals surface area contributed by atoms with Crippen molar-refractivity contribution in [1.82, 2.24) is 9.97 Å². The predicted molar refractivity (Wildman–Crippen MR) is 69.4 cm³/mol. The molecule has 1 saturated heterocycles. The fourth-order valence-electron chi connectivity index (χ4n) is 2.08. The van der Waals surface area contributed by atoms with Gasteiger partial charge in [-0.3, -0.25) is 0 Å². The van der Waals surface area contributed by atoms with Gasteiger partial charge in [-0.1, -0.05) is 0 Å². The van der Waals surface area contributed by atoms with Crippen LogP contribution in [0.1, 0.15) is 18.7 Å². The number of hydrogen-bond donors (Lipinski definition) is 1. The van der Waals surface area contributed by atoms with Gasteiger partial charge in [0.2, 0.25) is 0 Å². The van der Waals surface area contributed by atoms with Crippen molar-refractivity contribution in [2.24, 2.45) is 0 Å². The Balaban J connectivity index is 2.05. The molecule has 0 spiro atoms. The van der Waals surface area contributed by atoms with Gasteiger partial charge in [0.1, 0.15) is 18.2 Å². The Bertz CT molecular complexity index is 394. The minimum absolute atomic E-state index is 0.289. The van der Waals surface area contributed by atoms with Gasteiger partial charge in [-0.15, -0.1) is 0 Å². The van der Waals surface area contributed by atoms with Crippen LogP contribution in [0.5, 0.6) is 0 Å². The van der Waals surface area contributed by atoms with Gasteiger partial charge in [0.25, 0.3) is 0 Å². The van der Waals surface area contributed by atoms with E-state index in [9.17, 15) is 0 Å². The van der Waals surface area contributed by atoms with Crippen molar-refractivity contribution in [3.63, 3.8) is 0 Å². The smallest absolute Gasteiger partial charge is 0.158 e. The van der Waals surface area contributed by atoms with Gasteiger partial charge >= 0.3 is 0 Å². The monoisotopic (exact) mass is 252 g/mol. The molecule has 1 aliphatic rings. The largest absolute Gasteiger partial charge is 0.384 e. The minimum atomic E-state index is 0.289. The number of anilines is 2. The molecule has 0 aromatic carbocycles. The van der Waals surface area contributed by atoms with E-state index in [4.69, 9.17) is 15.2 Å². The summed E-state index contributed by atoms with van der Waals surface area (Å²) >= 11 is 0. The molecule has 1 unspecified atom stereocenters. The number of hydrogen-bond acceptors (Lipinski definition) is 6. The Morgan fingerprint density at radius 3 is 3.06 bits per heavy atom. The van der Waals surface area contributed by atoms with Crippen molar-refractivity contribution in [2.75, 3.05) is 37.9 Å². The molecule has 2 N–H and O–H groups in total. The maximum atomic E-state index is 5.77. The topological polar surface area (TPSA) is 73.5 Å². The predicted octanol–water partition coefficient (Wildman–Crippen LogP) is 0.820. The maximum Gasteiger partial charge on any atom is 0.158 e. The Morgan fingerprint density at radius 1 is 1.56 bits per heavy atom. The van der Waals surface area contributed by atoms with E-state index in [1.54, 1.807) is 13.2 Å². The Labute approximate surface area is 107 Å². The molecule has 0 radical (unpaired) electrons. The summed E-state index contributed by atoms with van der Waals surface area (Å²) in [7, 11) is 3.60. The molecule has 0 saturated carbocycles. The second-order valence-electron chi connectivity index (χ2n) is 4.52. The highest BCUT2D eigenvalue weighted by Crippen LogP contribution is 2.18. The molecule has 0 amide bonds. The lowest BCUT2D eigenvalue weighted by Crippen LogP contribution is -2.29. The highest BCUT2D eigenvalue weighted by molar-refractivity contribution is 5.46. The summed E-state index contributed by atoms with van der Waals surface area (Å²) in [5, 5.41) is 0. The Morgan fingerprint density at radius 2 is 2.39 bits per heavy atom. The SMILES string of the molecule is COCc1nc(N)cc(N(C)CC2CCCO2)n1. The van der Waals surface area contributed by atoms with Crippen molar-refractivity contribution in [2.45, 2.75) is 25.6 Å². The zero-order valence-electron chi connectivity index (χ0n) is 10.9. The van der Waals surface area contributed by atoms with Crippen LogP contribution in [0.4, 0.5) is 11.6 Å². The van der Waals surface area contributed by atoms with E-state index in [0.717, 1.165) is 31.8 Å². The Kier molecular flexibility index (Phi) is 4.33. The normalized spacial score (nSPS) is 19.1. The molecule has 2 heterocycles. The second-order valence-corrected chi connectivity index (χ2v) is 4.52. The van der Waals surface area contributed by atoms with E-state index < -0.39 is 0 Å². The van der Waals surface area contributed by atoms with Gasteiger partial charge in [-0.2, -0.15) is 0 Å². The van der Waals surface area contributed by atoms with Gasteiger partial charge < -0.3 is 20.1 Å². The molecule has 2 rings (SSSR count). The van der Waals surface area contributed by atoms with E-state index in [2.05, 4.69) is 9.97 Å². The van der Waals surface area contributed by atoms with E-state index in [1.165, 1.54) is 0 Å². The number of nitrogens with zero attached hydrogens (tertiary/aromatic N) is 3. The summed E-state index contributed by atoms with van der Waals surface area (Å²) < 4.78 is 10.6. The molecule has 1 aromatic heterocycles. The zero-order chi connectivity index (χ0) is 13.0. The molecular weight excluding hydrogens is 232 g/mol. The minimum Gasteiger partial charge on any atom is -0.384 e.